The average molecular weight is 397 g/mol. The van der Waals surface area contributed by atoms with E-state index in [-0.39, 0.29) is 0 Å². The zero-order chi connectivity index (χ0) is 20.6. The standard InChI is InChI=1S/C23H36N6/c1-5-27(6-2)16-21-10-8-7-9-20(21)15-26-23(24-4)28-13-11-19(3)22(17-28)29-14-12-25-18-29/h7-10,12,14,18-19,22H,5-6,11,13,15-17H2,1-4H3,(H,24,26). The second-order valence-electron chi connectivity index (χ2n) is 7.92. The van der Waals surface area contributed by atoms with Crippen LogP contribution < -0.4 is 5.32 Å². The molecule has 6 heteroatoms. The Morgan fingerprint density at radius 3 is 2.66 bits per heavy atom. The van der Waals surface area contributed by atoms with Crippen molar-refractivity contribution in [2.45, 2.75) is 46.3 Å². The van der Waals surface area contributed by atoms with Gasteiger partial charge in [-0.2, -0.15) is 0 Å². The topological polar surface area (TPSA) is 48.7 Å². The molecule has 2 aromatic rings. The van der Waals surface area contributed by atoms with E-state index in [1.165, 1.54) is 11.1 Å². The minimum absolute atomic E-state index is 0.430. The van der Waals surface area contributed by atoms with Crippen LogP contribution in [0.5, 0.6) is 0 Å². The molecule has 2 heterocycles. The molecule has 2 atom stereocenters. The van der Waals surface area contributed by atoms with E-state index < -0.39 is 0 Å². The van der Waals surface area contributed by atoms with Gasteiger partial charge in [-0.1, -0.05) is 45.0 Å². The van der Waals surface area contributed by atoms with E-state index >= 15 is 0 Å². The summed E-state index contributed by atoms with van der Waals surface area (Å²) in [5.74, 6) is 1.62. The summed E-state index contributed by atoms with van der Waals surface area (Å²) in [5.41, 5.74) is 2.74. The summed E-state index contributed by atoms with van der Waals surface area (Å²) in [6.45, 7) is 12.7. The average Bonchev–Trinajstić information content (AvgIpc) is 3.29. The number of nitrogens with zero attached hydrogens (tertiary/aromatic N) is 5. The molecule has 3 rings (SSSR count). The molecule has 1 fully saturated rings. The molecular formula is C23H36N6. The van der Waals surface area contributed by atoms with Crippen LogP contribution in [-0.2, 0) is 13.1 Å². The van der Waals surface area contributed by atoms with Crippen LogP contribution in [0.4, 0.5) is 0 Å². The van der Waals surface area contributed by atoms with Crippen LogP contribution in [0, 0.1) is 5.92 Å². The molecule has 158 valence electrons. The summed E-state index contributed by atoms with van der Waals surface area (Å²) >= 11 is 0. The number of hydrogen-bond donors (Lipinski definition) is 1. The lowest BCUT2D eigenvalue weighted by Crippen LogP contribution is -2.48. The van der Waals surface area contributed by atoms with Crippen LogP contribution in [-0.4, -0.2) is 58.5 Å². The number of piperidine rings is 1. The number of benzene rings is 1. The van der Waals surface area contributed by atoms with E-state index in [0.717, 1.165) is 51.6 Å². The van der Waals surface area contributed by atoms with E-state index in [0.29, 0.717) is 12.0 Å². The van der Waals surface area contributed by atoms with Crippen molar-refractivity contribution in [3.8, 4) is 0 Å². The van der Waals surface area contributed by atoms with Crippen LogP contribution in [0.15, 0.2) is 48.0 Å². The molecule has 0 radical (unpaired) electrons. The van der Waals surface area contributed by atoms with Gasteiger partial charge in [0.1, 0.15) is 0 Å². The molecule has 0 amide bonds. The van der Waals surface area contributed by atoms with Crippen molar-refractivity contribution in [2.75, 3.05) is 33.2 Å². The maximum Gasteiger partial charge on any atom is 0.193 e. The Morgan fingerprint density at radius 2 is 2.00 bits per heavy atom. The number of aromatic nitrogens is 2. The molecule has 1 aliphatic heterocycles. The quantitative estimate of drug-likeness (QED) is 0.576. The van der Waals surface area contributed by atoms with Gasteiger partial charge in [-0.25, -0.2) is 4.98 Å². The van der Waals surface area contributed by atoms with E-state index in [2.05, 4.69) is 80.9 Å². The molecule has 1 N–H and O–H groups in total. The normalized spacial score (nSPS) is 20.3. The zero-order valence-corrected chi connectivity index (χ0v) is 18.4. The first-order chi connectivity index (χ1) is 14.2. The Bertz CT molecular complexity index is 765. The van der Waals surface area contributed by atoms with Gasteiger partial charge in [0.15, 0.2) is 5.96 Å². The van der Waals surface area contributed by atoms with Gasteiger partial charge in [-0.05, 0) is 36.6 Å². The number of likely N-dealkylation sites (tertiary alicyclic amines) is 1. The van der Waals surface area contributed by atoms with Crippen LogP contribution in [0.1, 0.15) is 44.4 Å². The Hall–Kier alpha value is -2.34. The molecule has 1 aromatic carbocycles. The first-order valence-corrected chi connectivity index (χ1v) is 10.9. The highest BCUT2D eigenvalue weighted by Gasteiger charge is 2.28. The fraction of sp³-hybridized carbons (Fsp3) is 0.565. The van der Waals surface area contributed by atoms with Crippen molar-refractivity contribution in [2.24, 2.45) is 10.9 Å². The highest BCUT2D eigenvalue weighted by atomic mass is 15.3. The lowest BCUT2D eigenvalue weighted by atomic mass is 9.93. The summed E-state index contributed by atoms with van der Waals surface area (Å²) in [5, 5.41) is 3.62. The van der Waals surface area contributed by atoms with Gasteiger partial charge in [0.2, 0.25) is 0 Å². The highest BCUT2D eigenvalue weighted by Crippen LogP contribution is 2.27. The predicted octanol–water partition coefficient (Wildman–Crippen LogP) is 3.38. The maximum absolute atomic E-state index is 4.59. The molecule has 2 unspecified atom stereocenters. The molecule has 0 aliphatic carbocycles. The molecule has 1 aromatic heterocycles. The first-order valence-electron chi connectivity index (χ1n) is 10.9. The number of aliphatic imine (C=N–C) groups is 1. The van der Waals surface area contributed by atoms with Crippen molar-refractivity contribution < 1.29 is 0 Å². The van der Waals surface area contributed by atoms with Gasteiger partial charge < -0.3 is 14.8 Å². The molecule has 1 aliphatic rings. The third-order valence-corrected chi connectivity index (χ3v) is 6.18. The number of imidazole rings is 1. The summed E-state index contributed by atoms with van der Waals surface area (Å²) < 4.78 is 2.24. The number of rotatable bonds is 7. The predicted molar refractivity (Wildman–Crippen MR) is 120 cm³/mol. The lowest BCUT2D eigenvalue weighted by molar-refractivity contribution is 0.189. The van der Waals surface area contributed by atoms with Gasteiger partial charge >= 0.3 is 0 Å². The third kappa shape index (κ3) is 5.38. The molecule has 0 bridgehead atoms. The second kappa shape index (κ2) is 10.4. The van der Waals surface area contributed by atoms with Crippen LogP contribution in [0.25, 0.3) is 0 Å². The summed E-state index contributed by atoms with van der Waals surface area (Å²) in [4.78, 5) is 13.7. The minimum atomic E-state index is 0.430. The van der Waals surface area contributed by atoms with Gasteiger partial charge in [0.25, 0.3) is 0 Å². The molecule has 0 saturated carbocycles. The molecule has 0 spiro atoms. The Kier molecular flexibility index (Phi) is 7.69. The first kappa shape index (κ1) is 21.4. The van der Waals surface area contributed by atoms with Crippen molar-refractivity contribution >= 4 is 5.96 Å². The van der Waals surface area contributed by atoms with Gasteiger partial charge in [-0.15, -0.1) is 0 Å². The minimum Gasteiger partial charge on any atom is -0.352 e. The van der Waals surface area contributed by atoms with E-state index in [9.17, 15) is 0 Å². The monoisotopic (exact) mass is 396 g/mol. The van der Waals surface area contributed by atoms with Gasteiger partial charge in [-0.3, -0.25) is 9.89 Å². The van der Waals surface area contributed by atoms with E-state index in [1.54, 1.807) is 0 Å². The molecular weight excluding hydrogens is 360 g/mol. The summed E-state index contributed by atoms with van der Waals surface area (Å²) in [6.07, 6.45) is 7.03. The third-order valence-electron chi connectivity index (χ3n) is 6.18. The Labute approximate surface area is 175 Å². The Balaban J connectivity index is 1.65. The van der Waals surface area contributed by atoms with Crippen molar-refractivity contribution in [3.05, 3.63) is 54.1 Å². The van der Waals surface area contributed by atoms with Gasteiger partial charge in [0, 0.05) is 45.6 Å². The van der Waals surface area contributed by atoms with Crippen molar-refractivity contribution in [1.82, 2.24) is 24.7 Å². The van der Waals surface area contributed by atoms with Crippen molar-refractivity contribution in [1.29, 1.82) is 0 Å². The van der Waals surface area contributed by atoms with Gasteiger partial charge in [0.05, 0.1) is 12.4 Å². The maximum atomic E-state index is 4.59. The second-order valence-corrected chi connectivity index (χ2v) is 7.92. The number of hydrogen-bond acceptors (Lipinski definition) is 3. The fourth-order valence-electron chi connectivity index (χ4n) is 4.17. The molecule has 1 saturated heterocycles. The zero-order valence-electron chi connectivity index (χ0n) is 18.4. The number of guanidine groups is 1. The molecule has 29 heavy (non-hydrogen) atoms. The fourth-order valence-corrected chi connectivity index (χ4v) is 4.17. The van der Waals surface area contributed by atoms with Crippen LogP contribution in [0.3, 0.4) is 0 Å². The SMILES string of the molecule is CCN(CC)Cc1ccccc1CNC(=NC)N1CCC(C)C(n2ccnc2)C1. The van der Waals surface area contributed by atoms with E-state index in [4.69, 9.17) is 0 Å². The largest absolute Gasteiger partial charge is 0.352 e. The van der Waals surface area contributed by atoms with Crippen molar-refractivity contribution in [3.63, 3.8) is 0 Å². The van der Waals surface area contributed by atoms with Crippen LogP contribution in [0.2, 0.25) is 0 Å². The lowest BCUT2D eigenvalue weighted by Gasteiger charge is -2.39. The molecule has 6 nitrogen and oxygen atoms in total. The number of nitrogens with one attached hydrogen (secondary N) is 1. The smallest absolute Gasteiger partial charge is 0.193 e. The van der Waals surface area contributed by atoms with E-state index in [1.807, 2.05) is 19.6 Å². The Morgan fingerprint density at radius 1 is 1.24 bits per heavy atom. The van der Waals surface area contributed by atoms with Crippen LogP contribution >= 0.6 is 0 Å². The summed E-state index contributed by atoms with van der Waals surface area (Å²) in [7, 11) is 1.88. The highest BCUT2D eigenvalue weighted by molar-refractivity contribution is 5.80. The summed E-state index contributed by atoms with van der Waals surface area (Å²) in [6, 6.07) is 9.17.